The first kappa shape index (κ1) is 22.3. The number of hydrogen-bond donors (Lipinski definition) is 0. The van der Waals surface area contributed by atoms with E-state index in [2.05, 4.69) is 136 Å². The third-order valence-electron chi connectivity index (χ3n) is 8.32. The third kappa shape index (κ3) is 3.21. The van der Waals surface area contributed by atoms with E-state index in [0.29, 0.717) is 0 Å². The Morgan fingerprint density at radius 3 is 1.76 bits per heavy atom. The highest BCUT2D eigenvalue weighted by atomic mass is 28.3. The summed E-state index contributed by atoms with van der Waals surface area (Å²) in [5, 5.41) is 8.62. The number of benzene rings is 6. The smallest absolute Gasteiger partial charge is 0.0623 e. The van der Waals surface area contributed by atoms with Gasteiger partial charge >= 0.3 is 0 Å². The normalized spacial score (nSPS) is 13.6. The van der Waals surface area contributed by atoms with Crippen LogP contribution >= 0.6 is 0 Å². The fraction of sp³-hybridized carbons (Fsp3) is 0.111. The molecule has 0 spiro atoms. The van der Waals surface area contributed by atoms with Gasteiger partial charge in [0.1, 0.15) is 8.07 Å². The Labute approximate surface area is 220 Å². The van der Waals surface area contributed by atoms with Crippen molar-refractivity contribution in [3.63, 3.8) is 0 Å². The molecule has 0 saturated heterocycles. The monoisotopic (exact) mass is 490 g/mol. The summed E-state index contributed by atoms with van der Waals surface area (Å²) in [4.78, 5) is 0. The minimum Gasteiger partial charge on any atom is -0.0623 e. The number of rotatable bonds is 2. The summed E-state index contributed by atoms with van der Waals surface area (Å²) in [6, 6.07) is 41.1. The zero-order valence-corrected chi connectivity index (χ0v) is 22.9. The van der Waals surface area contributed by atoms with Crippen LogP contribution in [-0.4, -0.2) is 8.07 Å². The van der Waals surface area contributed by atoms with E-state index in [4.69, 9.17) is 0 Å². The molecule has 0 aliphatic carbocycles. The molecule has 0 fully saturated rings. The van der Waals surface area contributed by atoms with Crippen LogP contribution in [0.15, 0.2) is 109 Å². The van der Waals surface area contributed by atoms with Crippen LogP contribution in [0.3, 0.4) is 0 Å². The van der Waals surface area contributed by atoms with Crippen molar-refractivity contribution in [1.29, 1.82) is 0 Å². The molecule has 1 heterocycles. The Hall–Kier alpha value is -3.94. The van der Waals surface area contributed by atoms with Gasteiger partial charge in [-0.15, -0.1) is 0 Å². The van der Waals surface area contributed by atoms with Crippen molar-refractivity contribution in [3.05, 3.63) is 120 Å². The zero-order chi connectivity index (χ0) is 25.3. The summed E-state index contributed by atoms with van der Waals surface area (Å²) in [7, 11) is -1.95. The molecule has 0 aromatic heterocycles. The lowest BCUT2D eigenvalue weighted by Gasteiger charge is -2.25. The molecule has 178 valence electrons. The van der Waals surface area contributed by atoms with Crippen LogP contribution < -0.4 is 10.4 Å². The predicted molar refractivity (Wildman–Crippen MR) is 164 cm³/mol. The molecule has 0 bridgehead atoms. The molecule has 6 aromatic rings. The van der Waals surface area contributed by atoms with Crippen molar-refractivity contribution in [2.45, 2.75) is 26.9 Å². The van der Waals surface area contributed by atoms with Gasteiger partial charge < -0.3 is 0 Å². The summed E-state index contributed by atoms with van der Waals surface area (Å²) in [6.45, 7) is 9.48. The highest BCUT2D eigenvalue weighted by molar-refractivity contribution is 7.05. The summed E-state index contributed by atoms with van der Waals surface area (Å²) in [5.74, 6) is 0. The Balaban J connectivity index is 1.76. The molecule has 0 saturated carbocycles. The number of fused-ring (bicyclic) bond motifs is 6. The average Bonchev–Trinajstić information content (AvgIpc) is 3.14. The first-order valence-corrected chi connectivity index (χ1v) is 16.2. The zero-order valence-electron chi connectivity index (χ0n) is 21.9. The third-order valence-corrected chi connectivity index (χ3v) is 11.9. The molecule has 0 N–H and O–H groups in total. The van der Waals surface area contributed by atoms with Crippen molar-refractivity contribution in [2.24, 2.45) is 0 Å². The second-order valence-corrected chi connectivity index (χ2v) is 15.4. The quantitative estimate of drug-likeness (QED) is 0.168. The van der Waals surface area contributed by atoms with Crippen molar-refractivity contribution in [1.82, 2.24) is 0 Å². The summed E-state index contributed by atoms with van der Waals surface area (Å²) in [6.07, 6.45) is 0. The van der Waals surface area contributed by atoms with E-state index in [-0.39, 0.29) is 0 Å². The molecule has 1 heteroatoms. The van der Waals surface area contributed by atoms with Crippen molar-refractivity contribution < 1.29 is 0 Å². The van der Waals surface area contributed by atoms with Crippen LogP contribution in [-0.2, 0) is 0 Å². The molecule has 0 radical (unpaired) electrons. The van der Waals surface area contributed by atoms with Gasteiger partial charge in [-0.1, -0.05) is 133 Å². The summed E-state index contributed by atoms with van der Waals surface area (Å²) < 4.78 is 0. The first-order valence-electron chi connectivity index (χ1n) is 13.2. The maximum Gasteiger partial charge on any atom is 0.114 e. The van der Waals surface area contributed by atoms with Crippen LogP contribution in [0.4, 0.5) is 0 Å². The van der Waals surface area contributed by atoms with Crippen molar-refractivity contribution in [2.75, 3.05) is 0 Å². The maximum atomic E-state index is 2.54. The predicted octanol–water partition coefficient (Wildman–Crippen LogP) is 8.75. The fourth-order valence-corrected chi connectivity index (χ4v) is 10.2. The van der Waals surface area contributed by atoms with Crippen LogP contribution in [0, 0.1) is 13.8 Å². The van der Waals surface area contributed by atoms with Crippen LogP contribution in [0.1, 0.15) is 11.1 Å². The van der Waals surface area contributed by atoms with Gasteiger partial charge in [-0.3, -0.25) is 0 Å². The first-order chi connectivity index (χ1) is 17.9. The lowest BCUT2D eigenvalue weighted by Crippen LogP contribution is -2.49. The molecule has 7 rings (SSSR count). The van der Waals surface area contributed by atoms with E-state index in [1.165, 1.54) is 66.1 Å². The Bertz CT molecular complexity index is 1870. The Morgan fingerprint density at radius 1 is 0.486 bits per heavy atom. The van der Waals surface area contributed by atoms with Gasteiger partial charge in [0.25, 0.3) is 0 Å². The van der Waals surface area contributed by atoms with E-state index < -0.39 is 8.07 Å². The molecule has 0 nitrogen and oxygen atoms in total. The Morgan fingerprint density at radius 2 is 1.08 bits per heavy atom. The molecular weight excluding hydrogens is 460 g/mol. The van der Waals surface area contributed by atoms with Crippen molar-refractivity contribution >= 4 is 40.0 Å². The SMILES string of the molecule is Cc1cccc(-c2c3ccccc3c(-c3cccc(C)c3)c3c4c(ccc23)-c2ccccc2[Si]4(C)C)c1. The minimum atomic E-state index is -1.95. The van der Waals surface area contributed by atoms with E-state index in [0.717, 1.165) is 0 Å². The van der Waals surface area contributed by atoms with E-state index in [1.807, 2.05) is 0 Å². The number of hydrogen-bond acceptors (Lipinski definition) is 0. The molecule has 0 unspecified atom stereocenters. The van der Waals surface area contributed by atoms with E-state index in [1.54, 1.807) is 10.4 Å². The summed E-state index contributed by atoms with van der Waals surface area (Å²) in [5.41, 5.74) is 10.8. The second-order valence-electron chi connectivity index (χ2n) is 11.1. The minimum absolute atomic E-state index is 1.29. The van der Waals surface area contributed by atoms with Gasteiger partial charge in [-0.25, -0.2) is 0 Å². The van der Waals surface area contributed by atoms with Gasteiger partial charge in [-0.2, -0.15) is 0 Å². The van der Waals surface area contributed by atoms with Crippen LogP contribution in [0.25, 0.3) is 54.9 Å². The molecule has 0 atom stereocenters. The van der Waals surface area contributed by atoms with Crippen LogP contribution in [0.2, 0.25) is 13.1 Å². The number of aryl methyl sites for hydroxylation is 2. The largest absolute Gasteiger partial charge is 0.114 e. The molecule has 37 heavy (non-hydrogen) atoms. The lowest BCUT2D eigenvalue weighted by atomic mass is 9.84. The molecule has 6 aromatic carbocycles. The maximum absolute atomic E-state index is 2.54. The lowest BCUT2D eigenvalue weighted by molar-refractivity contribution is 1.47. The van der Waals surface area contributed by atoms with Gasteiger partial charge in [0.15, 0.2) is 0 Å². The van der Waals surface area contributed by atoms with E-state index >= 15 is 0 Å². The van der Waals surface area contributed by atoms with Gasteiger partial charge in [0.05, 0.1) is 0 Å². The van der Waals surface area contributed by atoms with Crippen molar-refractivity contribution in [3.8, 4) is 33.4 Å². The van der Waals surface area contributed by atoms with Gasteiger partial charge in [0, 0.05) is 0 Å². The fourth-order valence-electron chi connectivity index (χ4n) is 6.75. The highest BCUT2D eigenvalue weighted by Gasteiger charge is 2.39. The van der Waals surface area contributed by atoms with Crippen LogP contribution in [0.5, 0.6) is 0 Å². The molecule has 0 amide bonds. The molecular formula is C36H30Si. The second kappa shape index (κ2) is 8.03. The molecule has 1 aliphatic rings. The van der Waals surface area contributed by atoms with Gasteiger partial charge in [-0.05, 0) is 79.1 Å². The van der Waals surface area contributed by atoms with Gasteiger partial charge in [0.2, 0.25) is 0 Å². The summed E-state index contributed by atoms with van der Waals surface area (Å²) >= 11 is 0. The highest BCUT2D eigenvalue weighted by Crippen LogP contribution is 2.46. The molecule has 1 aliphatic heterocycles. The standard InChI is InChI=1S/C36H30Si/c1-23-11-9-13-25(21-23)33-28-16-5-6-17-29(28)34(26-14-10-12-24(2)22-26)35-31(33)20-19-30-27-15-7-8-18-32(27)37(3,4)36(30)35/h5-22H,1-4H3. The Kier molecular flexibility index (Phi) is 4.83. The van der Waals surface area contributed by atoms with E-state index in [9.17, 15) is 0 Å². The topological polar surface area (TPSA) is 0 Å². The average molecular weight is 491 g/mol.